The van der Waals surface area contributed by atoms with Gasteiger partial charge in [0.1, 0.15) is 0 Å². The number of rotatable bonds is 16. The lowest BCUT2D eigenvalue weighted by atomic mass is 9.33. The van der Waals surface area contributed by atoms with Crippen LogP contribution in [0.25, 0.3) is 66.8 Å². The number of hydrogen-bond acceptors (Lipinski definition) is 2. The average molecular weight is 1210 g/mol. The third-order valence-electron chi connectivity index (χ3n) is 20.2. The largest absolute Gasteiger partial charge is 0.311 e. The van der Waals surface area contributed by atoms with Gasteiger partial charge in [-0.25, -0.2) is 0 Å². The normalized spacial score (nSPS) is 12.8. The molecule has 11 aromatic carbocycles. The second-order valence-electron chi connectivity index (χ2n) is 29.1. The molecule has 0 unspecified atom stereocenters. The number of anilines is 6. The van der Waals surface area contributed by atoms with Crippen LogP contribution in [0.15, 0.2) is 224 Å². The maximum absolute atomic E-state index is 2.71. The highest BCUT2D eigenvalue weighted by Crippen LogP contribution is 2.53. The van der Waals surface area contributed by atoms with Crippen molar-refractivity contribution >= 4 is 57.2 Å². The van der Waals surface area contributed by atoms with Crippen LogP contribution in [-0.2, 0) is 0 Å². The molecule has 0 saturated heterocycles. The first-order valence-corrected chi connectivity index (χ1v) is 34.7. The van der Waals surface area contributed by atoms with Gasteiger partial charge in [0, 0.05) is 39.6 Å². The Morgan fingerprint density at radius 2 is 0.613 bits per heavy atom. The molecule has 0 spiro atoms. The molecule has 11 aromatic rings. The predicted molar refractivity (Wildman–Crippen MR) is 406 cm³/mol. The smallest absolute Gasteiger partial charge is 0.252 e. The Bertz CT molecular complexity index is 4420. The Labute approximate surface area is 557 Å². The number of nitrogens with zero attached hydrogens (tertiary/aromatic N) is 2. The van der Waals surface area contributed by atoms with Crippen LogP contribution < -0.4 is 26.2 Å². The van der Waals surface area contributed by atoms with Crippen LogP contribution in [0.4, 0.5) is 34.1 Å². The van der Waals surface area contributed by atoms with Crippen LogP contribution in [0.2, 0.25) is 0 Å². The Hall–Kier alpha value is -8.92. The number of hydrogen-bond donors (Lipinski definition) is 0. The summed E-state index contributed by atoms with van der Waals surface area (Å²) in [5.74, 6) is 2.73. The van der Waals surface area contributed by atoms with Crippen LogP contribution in [0.3, 0.4) is 0 Å². The highest BCUT2D eigenvalue weighted by atomic mass is 15.2. The monoisotopic (exact) mass is 1210 g/mol. The molecule has 13 rings (SSSR count). The minimum atomic E-state index is -0.167. The molecular formula is C90H93BN2. The molecule has 0 bridgehead atoms. The summed E-state index contributed by atoms with van der Waals surface area (Å²) in [6, 6.07) is 87.4. The van der Waals surface area contributed by atoms with Crippen molar-refractivity contribution in [3.63, 3.8) is 0 Å². The van der Waals surface area contributed by atoms with Crippen LogP contribution in [0, 0.1) is 0 Å². The number of fused-ring (bicyclic) bond motifs is 4. The van der Waals surface area contributed by atoms with Gasteiger partial charge in [-0.2, -0.15) is 0 Å². The molecule has 466 valence electrons. The van der Waals surface area contributed by atoms with Crippen molar-refractivity contribution in [2.45, 2.75) is 158 Å². The van der Waals surface area contributed by atoms with E-state index in [1.807, 2.05) is 0 Å². The van der Waals surface area contributed by atoms with Crippen LogP contribution in [-0.4, -0.2) is 6.71 Å². The summed E-state index contributed by atoms with van der Waals surface area (Å²) in [5, 5.41) is 0. The summed E-state index contributed by atoms with van der Waals surface area (Å²) in [7, 11) is 0. The van der Waals surface area contributed by atoms with Crippen LogP contribution >= 0.6 is 0 Å². The standard InChI is InChI=1S/C90H93BN2/c1-54(2)68-46-76(58(9)10)86(77(47-68)59(11)12)65-38-42-71(43-39-65)92-82-45-41-67(87-78(60(13)14)48-69(55(3)4)49-79(87)61(15)16)51-81(82)91-80-50-66(62-28-20-17-21-29-62)40-44-83(80)93(90-74(63-30-22-18-23-31-63)36-27-37-75(90)64-32-24-19-25-33-64)85-53-70(52-84(92)89(85)91)88-72(56(5)6)34-26-35-73(88)57(7)8/h17-61H,1-16H3. The molecule has 0 radical (unpaired) electrons. The SMILES string of the molecule is CC(C)c1cc(C(C)C)c(-c2ccc(N3c4ccc(-c5c(C(C)C)cc(C(C)C)cc5C(C)C)cc4B4c5cc(-c6ccccc6)ccc5N(c5c(-c6ccccc6)cccc5-c5ccccc5)c5cc(-c6c(C(C)C)cccc6C(C)C)cc3c54)cc2)c(C(C)C)c1. The fourth-order valence-corrected chi connectivity index (χ4v) is 15.4. The lowest BCUT2D eigenvalue weighted by molar-refractivity contribution is 0.807. The maximum Gasteiger partial charge on any atom is 0.252 e. The van der Waals surface area contributed by atoms with Crippen molar-refractivity contribution in [3.05, 3.63) is 269 Å². The Balaban J connectivity index is 1.20. The molecule has 2 heterocycles. The summed E-state index contributed by atoms with van der Waals surface area (Å²) >= 11 is 0. The number of benzene rings is 11. The fraction of sp³-hybridized carbons (Fsp3) is 0.267. The molecule has 0 amide bonds. The van der Waals surface area contributed by atoms with Gasteiger partial charge in [0.25, 0.3) is 6.71 Å². The van der Waals surface area contributed by atoms with E-state index >= 15 is 0 Å². The Morgan fingerprint density at radius 3 is 1.05 bits per heavy atom. The molecule has 0 aliphatic carbocycles. The second kappa shape index (κ2) is 25.5. The summed E-state index contributed by atoms with van der Waals surface area (Å²) < 4.78 is 0. The van der Waals surface area contributed by atoms with Crippen molar-refractivity contribution in [3.8, 4) is 66.8 Å². The molecule has 2 aliphatic heterocycles. The van der Waals surface area contributed by atoms with Gasteiger partial charge >= 0.3 is 0 Å². The first kappa shape index (κ1) is 62.9. The van der Waals surface area contributed by atoms with E-state index in [1.165, 1.54) is 150 Å². The molecule has 0 aromatic heterocycles. The predicted octanol–water partition coefficient (Wildman–Crippen LogP) is 24.8. The van der Waals surface area contributed by atoms with E-state index < -0.39 is 0 Å². The molecule has 0 N–H and O–H groups in total. The zero-order valence-electron chi connectivity index (χ0n) is 58.0. The zero-order chi connectivity index (χ0) is 65.3. The first-order valence-electron chi connectivity index (χ1n) is 34.7. The van der Waals surface area contributed by atoms with Crippen molar-refractivity contribution in [1.82, 2.24) is 0 Å². The van der Waals surface area contributed by atoms with E-state index in [9.17, 15) is 0 Å². The van der Waals surface area contributed by atoms with E-state index in [4.69, 9.17) is 0 Å². The third kappa shape index (κ3) is 11.4. The molecule has 0 atom stereocenters. The van der Waals surface area contributed by atoms with Crippen LogP contribution in [0.1, 0.15) is 203 Å². The minimum Gasteiger partial charge on any atom is -0.311 e. The van der Waals surface area contributed by atoms with E-state index in [1.54, 1.807) is 0 Å². The van der Waals surface area contributed by atoms with E-state index in [0.29, 0.717) is 35.5 Å². The van der Waals surface area contributed by atoms with Crippen molar-refractivity contribution in [2.24, 2.45) is 0 Å². The van der Waals surface area contributed by atoms with Crippen LogP contribution in [0.5, 0.6) is 0 Å². The maximum atomic E-state index is 2.71. The van der Waals surface area contributed by atoms with Gasteiger partial charge in [-0.15, -0.1) is 0 Å². The zero-order valence-corrected chi connectivity index (χ0v) is 58.0. The van der Waals surface area contributed by atoms with Gasteiger partial charge in [-0.1, -0.05) is 299 Å². The molecule has 0 fully saturated rings. The second-order valence-corrected chi connectivity index (χ2v) is 29.1. The molecule has 2 nitrogen and oxygen atoms in total. The fourth-order valence-electron chi connectivity index (χ4n) is 15.4. The summed E-state index contributed by atoms with van der Waals surface area (Å²) in [4.78, 5) is 5.38. The Kier molecular flexibility index (Phi) is 17.3. The Morgan fingerprint density at radius 1 is 0.247 bits per heavy atom. The highest BCUT2D eigenvalue weighted by Gasteiger charge is 2.45. The number of para-hydroxylation sites is 1. The van der Waals surface area contributed by atoms with Crippen molar-refractivity contribution < 1.29 is 0 Å². The van der Waals surface area contributed by atoms with Gasteiger partial charge in [0.2, 0.25) is 0 Å². The molecule has 93 heavy (non-hydrogen) atoms. The van der Waals surface area contributed by atoms with E-state index in [2.05, 4.69) is 345 Å². The topological polar surface area (TPSA) is 6.48 Å². The van der Waals surface area contributed by atoms with Gasteiger partial charge in [-0.3, -0.25) is 0 Å². The van der Waals surface area contributed by atoms with Gasteiger partial charge in [0.05, 0.1) is 5.69 Å². The molecule has 2 aliphatic rings. The van der Waals surface area contributed by atoms with Crippen molar-refractivity contribution in [1.29, 1.82) is 0 Å². The minimum absolute atomic E-state index is 0.167. The lowest BCUT2D eigenvalue weighted by Crippen LogP contribution is -2.61. The van der Waals surface area contributed by atoms with E-state index in [0.717, 1.165) is 11.4 Å². The summed E-state index contributed by atoms with van der Waals surface area (Å²) in [5.41, 5.74) is 37.2. The lowest BCUT2D eigenvalue weighted by Gasteiger charge is -2.45. The molecular weight excluding hydrogens is 1120 g/mol. The molecule has 0 saturated carbocycles. The van der Waals surface area contributed by atoms with E-state index in [-0.39, 0.29) is 18.5 Å². The van der Waals surface area contributed by atoms with Gasteiger partial charge < -0.3 is 9.80 Å². The first-order chi connectivity index (χ1) is 44.8. The highest BCUT2D eigenvalue weighted by molar-refractivity contribution is 7.00. The average Bonchev–Trinajstić information content (AvgIpc) is 0.705. The quantitative estimate of drug-likeness (QED) is 0.0890. The summed E-state index contributed by atoms with van der Waals surface area (Å²) in [6.45, 7) is 37.7. The van der Waals surface area contributed by atoms with Gasteiger partial charge in [-0.05, 0) is 200 Å². The molecule has 3 heteroatoms. The van der Waals surface area contributed by atoms with Gasteiger partial charge in [0.15, 0.2) is 0 Å². The third-order valence-corrected chi connectivity index (χ3v) is 20.2. The summed E-state index contributed by atoms with van der Waals surface area (Å²) in [6.07, 6.45) is 0. The van der Waals surface area contributed by atoms with Crippen molar-refractivity contribution in [2.75, 3.05) is 9.80 Å².